The molecule has 1 fully saturated rings. The maximum atomic E-state index is 14.0. The number of esters is 1. The molecule has 42 heavy (non-hydrogen) atoms. The molecule has 3 aliphatic heterocycles. The normalized spacial score (nSPS) is 23.5. The Morgan fingerprint density at radius 2 is 1.81 bits per heavy atom. The largest absolute Gasteiger partial charge is 0.448 e. The van der Waals surface area contributed by atoms with Gasteiger partial charge >= 0.3 is 5.97 Å². The van der Waals surface area contributed by atoms with Crippen molar-refractivity contribution in [3.63, 3.8) is 0 Å². The molecule has 0 saturated carbocycles. The Hall–Kier alpha value is -4.34. The Kier molecular flexibility index (Phi) is 8.24. The summed E-state index contributed by atoms with van der Waals surface area (Å²) in [6, 6.07) is 18.4. The summed E-state index contributed by atoms with van der Waals surface area (Å²) in [7, 11) is 1.56. The Bertz CT molecular complexity index is 1450. The number of benzene rings is 2. The van der Waals surface area contributed by atoms with Crippen molar-refractivity contribution in [1.82, 2.24) is 20.5 Å². The molecule has 15 heteroatoms. The summed E-state index contributed by atoms with van der Waals surface area (Å²) in [5.41, 5.74) is 10.7. The molecule has 0 spiro atoms. The van der Waals surface area contributed by atoms with Crippen molar-refractivity contribution in [2.75, 3.05) is 18.6 Å². The van der Waals surface area contributed by atoms with Crippen LogP contribution in [0.2, 0.25) is 0 Å². The first kappa shape index (κ1) is 29.2. The van der Waals surface area contributed by atoms with E-state index in [2.05, 4.69) is 15.7 Å². The van der Waals surface area contributed by atoms with Gasteiger partial charge < -0.3 is 21.1 Å². The first-order chi connectivity index (χ1) is 20.2. The smallest absolute Gasteiger partial charge is 0.356 e. The molecule has 4 amide bonds. The van der Waals surface area contributed by atoms with E-state index in [1.165, 1.54) is 33.4 Å². The van der Waals surface area contributed by atoms with Crippen molar-refractivity contribution in [1.29, 1.82) is 0 Å². The SMILES string of the molecule is CN1N=C(C(N)=O)C(=O)NC1SCC1=C(C(=O)OC(c2ccccc2)c2ccccc2)N2C(=O)[C@](N)(NC=O)[C@@H]2SC1. The van der Waals surface area contributed by atoms with Gasteiger partial charge in [0.05, 0.1) is 0 Å². The number of ether oxygens (including phenoxy) is 1. The van der Waals surface area contributed by atoms with Crippen LogP contribution in [-0.2, 0) is 28.7 Å². The van der Waals surface area contributed by atoms with Gasteiger partial charge in [-0.25, -0.2) is 4.79 Å². The minimum atomic E-state index is -1.67. The minimum Gasteiger partial charge on any atom is -0.448 e. The standard InChI is InChI=1S/C27H27N7O6S2/c1-33-26(31-22(37)18(32-33)21(28)36)42-13-17-12-41-25-27(29,30-14-35)24(39)34(25)19(17)23(38)40-20(15-8-4-2-5-9-15)16-10-6-3-7-11-16/h2-11,14,20,25-26H,12-13,29H2,1H3,(H2,28,36)(H,30,35)(H,31,37)/t25-,26?,27-/m0/s1. The summed E-state index contributed by atoms with van der Waals surface area (Å²) in [5.74, 6) is -2.61. The number of hydrogen-bond donors (Lipinski definition) is 4. The average Bonchev–Trinajstić information content (AvgIpc) is 3.00. The van der Waals surface area contributed by atoms with E-state index < -0.39 is 52.0 Å². The second-order valence-electron chi connectivity index (χ2n) is 9.55. The zero-order valence-corrected chi connectivity index (χ0v) is 23.9. The molecule has 3 heterocycles. The summed E-state index contributed by atoms with van der Waals surface area (Å²) in [4.78, 5) is 63.5. The first-order valence-corrected chi connectivity index (χ1v) is 14.8. The Labute approximate surface area is 249 Å². The third kappa shape index (κ3) is 5.33. The van der Waals surface area contributed by atoms with Crippen molar-refractivity contribution in [2.24, 2.45) is 16.6 Å². The third-order valence-electron chi connectivity index (χ3n) is 6.82. The fraction of sp³-hybridized carbons (Fsp3) is 0.259. The fourth-order valence-electron chi connectivity index (χ4n) is 4.74. The van der Waals surface area contributed by atoms with Crippen molar-refractivity contribution >= 4 is 59.3 Å². The van der Waals surface area contributed by atoms with Crippen LogP contribution >= 0.6 is 23.5 Å². The minimum absolute atomic E-state index is 0.0213. The quantitative estimate of drug-likeness (QED) is 0.122. The van der Waals surface area contributed by atoms with Gasteiger partial charge in [0.25, 0.3) is 17.7 Å². The maximum absolute atomic E-state index is 14.0. The number of carbonyl (C=O) groups excluding carboxylic acids is 5. The fourth-order valence-corrected chi connectivity index (χ4v) is 7.30. The van der Waals surface area contributed by atoms with Crippen LogP contribution in [-0.4, -0.2) is 80.8 Å². The van der Waals surface area contributed by atoms with Gasteiger partial charge in [0.1, 0.15) is 11.1 Å². The van der Waals surface area contributed by atoms with E-state index in [1.807, 2.05) is 60.7 Å². The lowest BCUT2D eigenvalue weighted by Gasteiger charge is -2.55. The highest BCUT2D eigenvalue weighted by Crippen LogP contribution is 2.45. The number of nitrogens with two attached hydrogens (primary N) is 2. The molecule has 0 radical (unpaired) electrons. The highest BCUT2D eigenvalue weighted by atomic mass is 32.2. The number of fused-ring (bicyclic) bond motifs is 1. The van der Waals surface area contributed by atoms with Crippen molar-refractivity contribution in [3.8, 4) is 0 Å². The maximum Gasteiger partial charge on any atom is 0.356 e. The zero-order valence-electron chi connectivity index (χ0n) is 22.3. The van der Waals surface area contributed by atoms with Crippen molar-refractivity contribution < 1.29 is 28.7 Å². The van der Waals surface area contributed by atoms with E-state index in [4.69, 9.17) is 16.2 Å². The molecule has 0 aromatic heterocycles. The number of nitrogens with one attached hydrogen (secondary N) is 2. The molecule has 218 valence electrons. The molecule has 0 bridgehead atoms. The molecule has 3 aliphatic rings. The van der Waals surface area contributed by atoms with E-state index >= 15 is 0 Å². The Morgan fingerprint density at radius 1 is 1.19 bits per heavy atom. The monoisotopic (exact) mass is 609 g/mol. The topological polar surface area (TPSA) is 190 Å². The summed E-state index contributed by atoms with van der Waals surface area (Å²) < 4.78 is 6.10. The number of carbonyl (C=O) groups is 5. The second kappa shape index (κ2) is 11.9. The van der Waals surface area contributed by atoms with Gasteiger partial charge in [0, 0.05) is 18.6 Å². The van der Waals surface area contributed by atoms with Crippen LogP contribution in [0.25, 0.3) is 0 Å². The van der Waals surface area contributed by atoms with E-state index in [1.54, 1.807) is 7.05 Å². The number of primary amides is 1. The number of nitrogens with zero attached hydrogens (tertiary/aromatic N) is 3. The van der Waals surface area contributed by atoms with Gasteiger partial charge in [0.15, 0.2) is 11.6 Å². The summed E-state index contributed by atoms with van der Waals surface area (Å²) in [6.07, 6.45) is -0.418. The predicted molar refractivity (Wildman–Crippen MR) is 156 cm³/mol. The average molecular weight is 610 g/mol. The zero-order chi connectivity index (χ0) is 30.0. The lowest BCUT2D eigenvalue weighted by molar-refractivity contribution is -0.160. The molecule has 2 aromatic carbocycles. The van der Waals surface area contributed by atoms with Gasteiger partial charge in [-0.1, -0.05) is 60.7 Å². The highest BCUT2D eigenvalue weighted by molar-refractivity contribution is 8.01. The van der Waals surface area contributed by atoms with Crippen LogP contribution in [0.4, 0.5) is 0 Å². The Balaban J connectivity index is 1.46. The Morgan fingerprint density at radius 3 is 2.38 bits per heavy atom. The lowest BCUT2D eigenvalue weighted by atomic mass is 9.96. The van der Waals surface area contributed by atoms with Gasteiger partial charge in [0.2, 0.25) is 17.8 Å². The molecule has 1 unspecified atom stereocenters. The van der Waals surface area contributed by atoms with E-state index in [9.17, 15) is 24.0 Å². The number of rotatable bonds is 10. The van der Waals surface area contributed by atoms with Gasteiger partial charge in [-0.05, 0) is 16.7 Å². The lowest BCUT2D eigenvalue weighted by Crippen LogP contribution is -2.83. The predicted octanol–water partition coefficient (Wildman–Crippen LogP) is -0.191. The molecule has 5 rings (SSSR count). The van der Waals surface area contributed by atoms with E-state index in [-0.39, 0.29) is 17.2 Å². The number of hydrazone groups is 1. The van der Waals surface area contributed by atoms with Crippen molar-refractivity contribution in [3.05, 3.63) is 83.1 Å². The highest BCUT2D eigenvalue weighted by Gasteiger charge is 2.63. The third-order valence-corrected chi connectivity index (χ3v) is 9.49. The summed E-state index contributed by atoms with van der Waals surface area (Å²) in [5, 5.41) is 9.63. The van der Waals surface area contributed by atoms with Gasteiger partial charge in [-0.15, -0.1) is 23.5 Å². The molecule has 13 nitrogen and oxygen atoms in total. The molecule has 1 saturated heterocycles. The molecule has 2 aromatic rings. The summed E-state index contributed by atoms with van der Waals surface area (Å²) in [6.45, 7) is 0. The van der Waals surface area contributed by atoms with E-state index in [0.29, 0.717) is 12.0 Å². The first-order valence-electron chi connectivity index (χ1n) is 12.7. The van der Waals surface area contributed by atoms with E-state index in [0.717, 1.165) is 11.1 Å². The summed E-state index contributed by atoms with van der Waals surface area (Å²) >= 11 is 2.50. The van der Waals surface area contributed by atoms with Gasteiger partial charge in [-0.3, -0.25) is 34.8 Å². The molecule has 6 N–H and O–H groups in total. The molecule has 3 atom stereocenters. The number of thioether (sulfide) groups is 2. The van der Waals surface area contributed by atoms with Crippen LogP contribution in [0.15, 0.2) is 77.0 Å². The van der Waals surface area contributed by atoms with Crippen LogP contribution in [0.1, 0.15) is 17.2 Å². The molecular weight excluding hydrogens is 582 g/mol. The van der Waals surface area contributed by atoms with Crippen LogP contribution in [0.3, 0.4) is 0 Å². The van der Waals surface area contributed by atoms with Crippen molar-refractivity contribution in [2.45, 2.75) is 22.6 Å². The number of amides is 4. The van der Waals surface area contributed by atoms with Crippen LogP contribution < -0.4 is 22.1 Å². The number of hydrogen-bond acceptors (Lipinski definition) is 11. The number of β-lactam (4-membered cyclic amide) rings is 1. The van der Waals surface area contributed by atoms with Crippen LogP contribution in [0, 0.1) is 0 Å². The van der Waals surface area contributed by atoms with Gasteiger partial charge in [-0.2, -0.15) is 5.10 Å². The molecular formula is C27H27N7O6S2. The van der Waals surface area contributed by atoms with Crippen LogP contribution in [0.5, 0.6) is 0 Å². The molecule has 0 aliphatic carbocycles. The second-order valence-corrected chi connectivity index (χ2v) is 11.7.